The first-order valence-corrected chi connectivity index (χ1v) is 9.30. The normalized spacial score (nSPS) is 11.5. The average Bonchev–Trinajstić information content (AvgIpc) is 3.02. The largest absolute Gasteiger partial charge is 0.379 e. The molecule has 0 saturated heterocycles. The van der Waals surface area contributed by atoms with Crippen LogP contribution in [0.15, 0.2) is 29.6 Å². The number of benzene rings is 1. The molecule has 0 aliphatic heterocycles. The van der Waals surface area contributed by atoms with Gasteiger partial charge in [-0.25, -0.2) is 4.98 Å². The molecule has 0 aliphatic carbocycles. The van der Waals surface area contributed by atoms with E-state index < -0.39 is 0 Å². The van der Waals surface area contributed by atoms with Crippen molar-refractivity contribution in [3.63, 3.8) is 0 Å². The molecule has 0 unspecified atom stereocenters. The summed E-state index contributed by atoms with van der Waals surface area (Å²) in [4.78, 5) is 16.3. The first-order valence-electron chi connectivity index (χ1n) is 8.42. The van der Waals surface area contributed by atoms with E-state index in [9.17, 15) is 4.79 Å². The topological polar surface area (TPSA) is 60.5 Å². The smallest absolute Gasteiger partial charge is 0.252 e. The maximum atomic E-state index is 11.8. The van der Waals surface area contributed by atoms with E-state index in [0.29, 0.717) is 25.0 Å². The number of thiazole rings is 1. The summed E-state index contributed by atoms with van der Waals surface area (Å²) in [5, 5.41) is 5.28. The lowest BCUT2D eigenvalue weighted by atomic mass is 9.86. The zero-order valence-corrected chi connectivity index (χ0v) is 16.1. The van der Waals surface area contributed by atoms with Gasteiger partial charge in [0.25, 0.3) is 5.91 Å². The summed E-state index contributed by atoms with van der Waals surface area (Å²) in [7, 11) is 0. The van der Waals surface area contributed by atoms with E-state index in [1.54, 1.807) is 0 Å². The molecule has 6 heteroatoms. The summed E-state index contributed by atoms with van der Waals surface area (Å²) in [6, 6.07) is 8.38. The number of hydrogen-bond acceptors (Lipinski definition) is 5. The third-order valence-electron chi connectivity index (χ3n) is 3.61. The Bertz CT molecular complexity index is 675. The van der Waals surface area contributed by atoms with Crippen molar-refractivity contribution < 1.29 is 14.3 Å². The fraction of sp³-hybridized carbons (Fsp3) is 0.474. The maximum absolute atomic E-state index is 11.8. The second-order valence-electron chi connectivity index (χ2n) is 6.66. The van der Waals surface area contributed by atoms with Crippen LogP contribution in [-0.2, 0) is 19.7 Å². The molecule has 1 heterocycles. The SMILES string of the molecule is CCOCCOCC(=O)Nc1nc(-c2ccc(C(C)(C)C)cc2)cs1. The first-order chi connectivity index (χ1) is 11.9. The fourth-order valence-corrected chi connectivity index (χ4v) is 2.92. The predicted molar refractivity (Wildman–Crippen MR) is 102 cm³/mol. The summed E-state index contributed by atoms with van der Waals surface area (Å²) >= 11 is 1.41. The van der Waals surface area contributed by atoms with Crippen LogP contribution in [0, 0.1) is 0 Å². The second-order valence-corrected chi connectivity index (χ2v) is 7.52. The van der Waals surface area contributed by atoms with Gasteiger partial charge in [-0.3, -0.25) is 10.1 Å². The molecule has 0 radical (unpaired) electrons. The molecular formula is C19H26N2O3S. The molecule has 2 aromatic rings. The molecule has 0 saturated carbocycles. The average molecular weight is 362 g/mol. The van der Waals surface area contributed by atoms with E-state index in [-0.39, 0.29) is 17.9 Å². The van der Waals surface area contributed by atoms with Gasteiger partial charge in [-0.1, -0.05) is 45.0 Å². The van der Waals surface area contributed by atoms with Crippen molar-refractivity contribution in [2.24, 2.45) is 0 Å². The van der Waals surface area contributed by atoms with Gasteiger partial charge in [0.05, 0.1) is 18.9 Å². The zero-order chi connectivity index (χ0) is 18.3. The highest BCUT2D eigenvalue weighted by Gasteiger charge is 2.14. The number of carbonyl (C=O) groups excluding carboxylic acids is 1. The van der Waals surface area contributed by atoms with Crippen molar-refractivity contribution in [2.75, 3.05) is 31.7 Å². The monoisotopic (exact) mass is 362 g/mol. The summed E-state index contributed by atoms with van der Waals surface area (Å²) in [6.45, 7) is 10.0. The van der Waals surface area contributed by atoms with Crippen LogP contribution in [0.25, 0.3) is 11.3 Å². The standard InChI is InChI=1S/C19H26N2O3S/c1-5-23-10-11-24-12-17(22)21-18-20-16(13-25-18)14-6-8-15(9-7-14)19(2,3)4/h6-9,13H,5,10-12H2,1-4H3,(H,20,21,22). The lowest BCUT2D eigenvalue weighted by Gasteiger charge is -2.18. The van der Waals surface area contributed by atoms with E-state index in [4.69, 9.17) is 9.47 Å². The summed E-state index contributed by atoms with van der Waals surface area (Å²) in [6.07, 6.45) is 0. The number of nitrogens with one attached hydrogen (secondary N) is 1. The molecule has 25 heavy (non-hydrogen) atoms. The Hall–Kier alpha value is -1.76. The lowest BCUT2D eigenvalue weighted by molar-refractivity contribution is -0.121. The number of amides is 1. The molecular weight excluding hydrogens is 336 g/mol. The van der Waals surface area contributed by atoms with Crippen LogP contribution < -0.4 is 5.32 Å². The van der Waals surface area contributed by atoms with E-state index in [1.165, 1.54) is 16.9 Å². The van der Waals surface area contributed by atoms with Crippen molar-refractivity contribution >= 4 is 22.4 Å². The fourth-order valence-electron chi connectivity index (χ4n) is 2.19. The van der Waals surface area contributed by atoms with Gasteiger partial charge >= 0.3 is 0 Å². The quantitative estimate of drug-likeness (QED) is 0.718. The molecule has 0 spiro atoms. The Morgan fingerprint density at radius 3 is 2.48 bits per heavy atom. The van der Waals surface area contributed by atoms with Crippen molar-refractivity contribution in [3.05, 3.63) is 35.2 Å². The summed E-state index contributed by atoms with van der Waals surface area (Å²) in [5.74, 6) is -0.208. The highest BCUT2D eigenvalue weighted by atomic mass is 32.1. The first kappa shape index (κ1) is 19.6. The molecule has 0 atom stereocenters. The predicted octanol–water partition coefficient (Wildman–Crippen LogP) is 4.10. The van der Waals surface area contributed by atoms with Gasteiger partial charge in [-0.2, -0.15) is 0 Å². The molecule has 1 amide bonds. The lowest BCUT2D eigenvalue weighted by Crippen LogP contribution is -2.19. The van der Waals surface area contributed by atoms with Crippen molar-refractivity contribution in [1.82, 2.24) is 4.98 Å². The number of nitrogens with zero attached hydrogens (tertiary/aromatic N) is 1. The highest BCUT2D eigenvalue weighted by Crippen LogP contribution is 2.28. The molecule has 0 aliphatic rings. The van der Waals surface area contributed by atoms with Crippen LogP contribution >= 0.6 is 11.3 Å². The van der Waals surface area contributed by atoms with Crippen molar-refractivity contribution in [2.45, 2.75) is 33.1 Å². The van der Waals surface area contributed by atoms with Crippen LogP contribution in [0.5, 0.6) is 0 Å². The molecule has 136 valence electrons. The van der Waals surface area contributed by atoms with Gasteiger partial charge in [-0.15, -0.1) is 11.3 Å². The Morgan fingerprint density at radius 2 is 1.84 bits per heavy atom. The minimum atomic E-state index is -0.208. The van der Waals surface area contributed by atoms with E-state index in [1.807, 2.05) is 12.3 Å². The molecule has 1 N–H and O–H groups in total. The third-order valence-corrected chi connectivity index (χ3v) is 4.36. The number of aromatic nitrogens is 1. The molecule has 5 nitrogen and oxygen atoms in total. The minimum absolute atomic E-state index is 0.00225. The Morgan fingerprint density at radius 1 is 1.16 bits per heavy atom. The van der Waals surface area contributed by atoms with E-state index in [2.05, 4.69) is 55.3 Å². The van der Waals surface area contributed by atoms with Crippen LogP contribution in [0.1, 0.15) is 33.3 Å². The number of hydrogen-bond donors (Lipinski definition) is 1. The Kier molecular flexibility index (Phi) is 7.11. The molecule has 0 fully saturated rings. The molecule has 0 bridgehead atoms. The minimum Gasteiger partial charge on any atom is -0.379 e. The third kappa shape index (κ3) is 6.23. The molecule has 2 rings (SSSR count). The van der Waals surface area contributed by atoms with Crippen molar-refractivity contribution in [1.29, 1.82) is 0 Å². The number of carbonyl (C=O) groups is 1. The summed E-state index contributed by atoms with van der Waals surface area (Å²) in [5.41, 5.74) is 3.31. The van der Waals surface area contributed by atoms with Crippen molar-refractivity contribution in [3.8, 4) is 11.3 Å². The highest BCUT2D eigenvalue weighted by molar-refractivity contribution is 7.14. The molecule has 1 aromatic carbocycles. The molecule has 1 aromatic heterocycles. The second kappa shape index (κ2) is 9.08. The van der Waals surface area contributed by atoms with Crippen LogP contribution in [0.4, 0.5) is 5.13 Å². The van der Waals surface area contributed by atoms with Crippen LogP contribution in [-0.4, -0.2) is 37.3 Å². The maximum Gasteiger partial charge on any atom is 0.252 e. The Labute approximate surface area is 153 Å². The number of anilines is 1. The Balaban J connectivity index is 1.88. The number of rotatable bonds is 8. The van der Waals surface area contributed by atoms with Gasteiger partial charge in [0, 0.05) is 17.6 Å². The number of ether oxygens (including phenoxy) is 2. The van der Waals surface area contributed by atoms with E-state index in [0.717, 1.165) is 11.3 Å². The van der Waals surface area contributed by atoms with Gasteiger partial charge in [0.15, 0.2) is 5.13 Å². The van der Waals surface area contributed by atoms with Gasteiger partial charge < -0.3 is 9.47 Å². The van der Waals surface area contributed by atoms with Gasteiger partial charge in [-0.05, 0) is 17.9 Å². The van der Waals surface area contributed by atoms with Crippen LogP contribution in [0.3, 0.4) is 0 Å². The van der Waals surface area contributed by atoms with Gasteiger partial charge in [0.2, 0.25) is 0 Å². The van der Waals surface area contributed by atoms with Crippen LogP contribution in [0.2, 0.25) is 0 Å². The summed E-state index contributed by atoms with van der Waals surface area (Å²) < 4.78 is 10.4. The van der Waals surface area contributed by atoms with Gasteiger partial charge in [0.1, 0.15) is 6.61 Å². The van der Waals surface area contributed by atoms with E-state index >= 15 is 0 Å². The zero-order valence-electron chi connectivity index (χ0n) is 15.3.